The zero-order valence-corrected chi connectivity index (χ0v) is 13.4. The fourth-order valence-electron chi connectivity index (χ4n) is 3.21. The Morgan fingerprint density at radius 3 is 2.83 bits per heavy atom. The molecule has 2 aliphatic heterocycles. The molecule has 128 valence electrons. The Bertz CT molecular complexity index is 674. The molecule has 0 aliphatic carbocycles. The number of hydrogen-bond donors (Lipinski definition) is 3. The van der Waals surface area contributed by atoms with E-state index in [1.807, 2.05) is 12.1 Å². The Morgan fingerprint density at radius 2 is 2.08 bits per heavy atom. The summed E-state index contributed by atoms with van der Waals surface area (Å²) in [5, 5.41) is 14.4. The van der Waals surface area contributed by atoms with Crippen molar-refractivity contribution in [2.24, 2.45) is 0 Å². The van der Waals surface area contributed by atoms with Gasteiger partial charge in [-0.15, -0.1) is 0 Å². The normalized spacial score (nSPS) is 20.1. The molecule has 7 nitrogen and oxygen atoms in total. The zero-order valence-electron chi connectivity index (χ0n) is 13.4. The minimum Gasteiger partial charge on any atom is -0.396 e. The number of benzene rings is 1. The fourth-order valence-corrected chi connectivity index (χ4v) is 3.21. The van der Waals surface area contributed by atoms with Crippen molar-refractivity contribution in [3.63, 3.8) is 0 Å². The van der Waals surface area contributed by atoms with E-state index < -0.39 is 11.9 Å². The summed E-state index contributed by atoms with van der Waals surface area (Å²) in [7, 11) is 0. The molecule has 3 N–H and O–H groups in total. The summed E-state index contributed by atoms with van der Waals surface area (Å²) in [6.45, 7) is 1.24. The minimum atomic E-state index is -0.593. The molecule has 1 unspecified atom stereocenters. The first-order valence-electron chi connectivity index (χ1n) is 8.23. The van der Waals surface area contributed by atoms with Gasteiger partial charge < -0.3 is 15.3 Å². The number of fused-ring (bicyclic) bond motifs is 1. The topological polar surface area (TPSA) is 98.7 Å². The summed E-state index contributed by atoms with van der Waals surface area (Å²) in [5.41, 5.74) is 2.37. The lowest BCUT2D eigenvalue weighted by Gasteiger charge is -2.29. The predicted molar refractivity (Wildman–Crippen MR) is 87.3 cm³/mol. The van der Waals surface area contributed by atoms with Gasteiger partial charge in [-0.3, -0.25) is 19.7 Å². The highest BCUT2D eigenvalue weighted by atomic mass is 16.3. The van der Waals surface area contributed by atoms with E-state index in [1.54, 1.807) is 11.0 Å². The molecule has 2 heterocycles. The van der Waals surface area contributed by atoms with Crippen LogP contribution in [0, 0.1) is 0 Å². The van der Waals surface area contributed by atoms with Crippen LogP contribution in [0.25, 0.3) is 0 Å². The van der Waals surface area contributed by atoms with E-state index in [-0.39, 0.29) is 24.8 Å². The average Bonchev–Trinajstić information content (AvgIpc) is 2.89. The predicted octanol–water partition coefficient (Wildman–Crippen LogP) is 0.632. The number of carbonyl (C=O) groups excluding carboxylic acids is 3. The van der Waals surface area contributed by atoms with E-state index in [0.29, 0.717) is 25.1 Å². The first-order chi connectivity index (χ1) is 11.6. The molecular weight excluding hydrogens is 310 g/mol. The third kappa shape index (κ3) is 3.12. The molecule has 1 aromatic rings. The first-order valence-corrected chi connectivity index (χ1v) is 8.23. The van der Waals surface area contributed by atoms with E-state index >= 15 is 0 Å². The molecule has 1 saturated heterocycles. The Balaban J connectivity index is 1.75. The van der Waals surface area contributed by atoms with Gasteiger partial charge >= 0.3 is 0 Å². The van der Waals surface area contributed by atoms with Crippen LogP contribution in [0.15, 0.2) is 18.2 Å². The molecule has 1 fully saturated rings. The second-order valence-corrected chi connectivity index (χ2v) is 6.09. The molecule has 1 atom stereocenters. The highest BCUT2D eigenvalue weighted by molar-refractivity contribution is 6.06. The quantitative estimate of drug-likeness (QED) is 0.525. The van der Waals surface area contributed by atoms with Crippen LogP contribution >= 0.6 is 0 Å². The second kappa shape index (κ2) is 7.00. The number of unbranched alkanes of at least 4 members (excludes halogenated alkanes) is 1. The van der Waals surface area contributed by atoms with E-state index in [4.69, 9.17) is 5.11 Å². The first kappa shape index (κ1) is 16.4. The van der Waals surface area contributed by atoms with Crippen molar-refractivity contribution in [1.29, 1.82) is 0 Å². The number of rotatable bonds is 6. The van der Waals surface area contributed by atoms with Crippen molar-refractivity contribution >= 4 is 23.4 Å². The van der Waals surface area contributed by atoms with Gasteiger partial charge in [-0.25, -0.2) is 0 Å². The van der Waals surface area contributed by atoms with Crippen LogP contribution in [0.5, 0.6) is 0 Å². The lowest BCUT2D eigenvalue weighted by atomic mass is 10.0. The van der Waals surface area contributed by atoms with Gasteiger partial charge in [0, 0.05) is 42.9 Å². The summed E-state index contributed by atoms with van der Waals surface area (Å²) in [4.78, 5) is 37.5. The van der Waals surface area contributed by atoms with Crippen LogP contribution in [-0.2, 0) is 16.1 Å². The van der Waals surface area contributed by atoms with Crippen LogP contribution in [-0.4, -0.2) is 46.9 Å². The number of imide groups is 1. The maximum Gasteiger partial charge on any atom is 0.255 e. The number of nitrogens with zero attached hydrogens (tertiary/aromatic N) is 1. The van der Waals surface area contributed by atoms with E-state index in [1.165, 1.54) is 0 Å². The second-order valence-electron chi connectivity index (χ2n) is 6.09. The number of piperidine rings is 1. The fraction of sp³-hybridized carbons (Fsp3) is 0.471. The van der Waals surface area contributed by atoms with Crippen LogP contribution in [0.3, 0.4) is 0 Å². The summed E-state index contributed by atoms with van der Waals surface area (Å²) in [5.74, 6) is -0.852. The van der Waals surface area contributed by atoms with Gasteiger partial charge in [-0.05, 0) is 31.4 Å². The molecule has 7 heteroatoms. The molecule has 0 aromatic heterocycles. The van der Waals surface area contributed by atoms with Gasteiger partial charge in [-0.2, -0.15) is 0 Å². The minimum absolute atomic E-state index is 0.163. The highest BCUT2D eigenvalue weighted by Crippen LogP contribution is 2.32. The number of anilines is 1. The molecule has 24 heavy (non-hydrogen) atoms. The largest absolute Gasteiger partial charge is 0.396 e. The summed E-state index contributed by atoms with van der Waals surface area (Å²) < 4.78 is 0. The third-order valence-corrected chi connectivity index (χ3v) is 4.48. The molecule has 2 aliphatic rings. The van der Waals surface area contributed by atoms with Crippen molar-refractivity contribution in [2.45, 2.75) is 38.3 Å². The number of carbonyl (C=O) groups is 3. The standard InChI is InChI=1S/C17H21N3O4/c21-9-2-1-8-18-13-5-3-4-11-12(13)10-20(17(11)24)14-6-7-15(22)19-16(14)23/h3-5,14,18,21H,1-2,6-10H2,(H,19,22,23). The van der Waals surface area contributed by atoms with Gasteiger partial charge in [0.15, 0.2) is 0 Å². The Labute approximate surface area is 140 Å². The monoisotopic (exact) mass is 331 g/mol. The van der Waals surface area contributed by atoms with Gasteiger partial charge in [0.1, 0.15) is 6.04 Å². The van der Waals surface area contributed by atoms with Crippen molar-refractivity contribution in [3.8, 4) is 0 Å². The molecule has 0 radical (unpaired) electrons. The lowest BCUT2D eigenvalue weighted by molar-refractivity contribution is -0.136. The van der Waals surface area contributed by atoms with Gasteiger partial charge in [0.05, 0.1) is 0 Å². The Morgan fingerprint density at radius 1 is 1.25 bits per heavy atom. The number of amides is 3. The van der Waals surface area contributed by atoms with Crippen molar-refractivity contribution in [3.05, 3.63) is 29.3 Å². The molecule has 0 saturated carbocycles. The maximum atomic E-state index is 12.7. The molecule has 1 aromatic carbocycles. The number of aliphatic hydroxyl groups is 1. The average molecular weight is 331 g/mol. The lowest BCUT2D eigenvalue weighted by Crippen LogP contribution is -2.52. The zero-order chi connectivity index (χ0) is 17.1. The van der Waals surface area contributed by atoms with Crippen LogP contribution in [0.4, 0.5) is 5.69 Å². The molecule has 3 rings (SSSR count). The summed E-state index contributed by atoms with van der Waals surface area (Å²) in [6, 6.07) is 4.91. The SMILES string of the molecule is O=C1CCC(N2Cc3c(NCCCCO)cccc3C2=O)C(=O)N1. The van der Waals surface area contributed by atoms with E-state index in [9.17, 15) is 14.4 Å². The molecular formula is C17H21N3O4. The van der Waals surface area contributed by atoms with Crippen LogP contribution in [0.1, 0.15) is 41.6 Å². The van der Waals surface area contributed by atoms with Crippen molar-refractivity contribution < 1.29 is 19.5 Å². The number of nitrogens with one attached hydrogen (secondary N) is 2. The smallest absolute Gasteiger partial charge is 0.255 e. The molecule has 3 amide bonds. The van der Waals surface area contributed by atoms with Crippen LogP contribution in [0.2, 0.25) is 0 Å². The van der Waals surface area contributed by atoms with Crippen LogP contribution < -0.4 is 10.6 Å². The molecule has 0 spiro atoms. The van der Waals surface area contributed by atoms with E-state index in [0.717, 1.165) is 24.1 Å². The highest BCUT2D eigenvalue weighted by Gasteiger charge is 2.39. The van der Waals surface area contributed by atoms with Crippen molar-refractivity contribution in [2.75, 3.05) is 18.5 Å². The third-order valence-electron chi connectivity index (χ3n) is 4.48. The maximum absolute atomic E-state index is 12.7. The Hall–Kier alpha value is -2.41. The van der Waals surface area contributed by atoms with Gasteiger partial charge in [-0.1, -0.05) is 6.07 Å². The molecule has 0 bridgehead atoms. The van der Waals surface area contributed by atoms with Crippen molar-refractivity contribution in [1.82, 2.24) is 10.2 Å². The van der Waals surface area contributed by atoms with E-state index in [2.05, 4.69) is 10.6 Å². The summed E-state index contributed by atoms with van der Waals surface area (Å²) >= 11 is 0. The van der Waals surface area contributed by atoms with Gasteiger partial charge in [0.25, 0.3) is 5.91 Å². The number of hydrogen-bond acceptors (Lipinski definition) is 5. The summed E-state index contributed by atoms with van der Waals surface area (Å²) in [6.07, 6.45) is 2.18. The van der Waals surface area contributed by atoms with Gasteiger partial charge in [0.2, 0.25) is 11.8 Å². The Kier molecular flexibility index (Phi) is 4.80. The number of aliphatic hydroxyl groups excluding tert-OH is 1.